The number of ether oxygens (including phenoxy) is 1. The van der Waals surface area contributed by atoms with E-state index in [1.807, 2.05) is 31.2 Å². The number of anilines is 1. The summed E-state index contributed by atoms with van der Waals surface area (Å²) in [6, 6.07) is 7.93. The normalized spacial score (nSPS) is 10.3. The Kier molecular flexibility index (Phi) is 5.12. The average Bonchev–Trinajstić information content (AvgIpc) is 2.85. The number of amides is 1. The lowest BCUT2D eigenvalue weighted by Gasteiger charge is -2.06. The largest absolute Gasteiger partial charge is 0.493 e. The molecule has 0 aliphatic heterocycles. The van der Waals surface area contributed by atoms with Crippen LogP contribution in [0.4, 0.5) is 5.13 Å². The van der Waals surface area contributed by atoms with Gasteiger partial charge in [-0.05, 0) is 31.0 Å². The highest BCUT2D eigenvalue weighted by Gasteiger charge is 2.05. The van der Waals surface area contributed by atoms with Crippen LogP contribution in [-0.4, -0.2) is 17.5 Å². The van der Waals surface area contributed by atoms with Crippen LogP contribution in [-0.2, 0) is 11.2 Å². The second-order valence-corrected chi connectivity index (χ2v) is 5.65. The maximum absolute atomic E-state index is 11.7. The van der Waals surface area contributed by atoms with Crippen LogP contribution in [0.5, 0.6) is 5.75 Å². The van der Waals surface area contributed by atoms with E-state index in [9.17, 15) is 4.79 Å². The van der Waals surface area contributed by atoms with Gasteiger partial charge in [0.25, 0.3) is 0 Å². The quantitative estimate of drug-likeness (QED) is 0.887. The fraction of sp³-hybridized carbons (Fsp3) is 0.333. The predicted octanol–water partition coefficient (Wildman–Crippen LogP) is 3.42. The Labute approximate surface area is 122 Å². The summed E-state index contributed by atoms with van der Waals surface area (Å²) in [7, 11) is 0. The predicted molar refractivity (Wildman–Crippen MR) is 81.4 cm³/mol. The van der Waals surface area contributed by atoms with Crippen molar-refractivity contribution in [3.05, 3.63) is 40.9 Å². The third-order valence-corrected chi connectivity index (χ3v) is 3.63. The van der Waals surface area contributed by atoms with Gasteiger partial charge in [-0.15, -0.1) is 11.3 Å². The lowest BCUT2D eigenvalue weighted by Crippen LogP contribution is -2.14. The van der Waals surface area contributed by atoms with Gasteiger partial charge in [0.05, 0.1) is 13.0 Å². The van der Waals surface area contributed by atoms with E-state index >= 15 is 0 Å². The minimum atomic E-state index is -0.0791. The number of hydrogen-bond donors (Lipinski definition) is 1. The molecule has 1 N–H and O–H groups in total. The number of nitrogens with one attached hydrogen (secondary N) is 1. The second kappa shape index (κ2) is 7.05. The van der Waals surface area contributed by atoms with Crippen molar-refractivity contribution in [3.63, 3.8) is 0 Å². The van der Waals surface area contributed by atoms with Crippen LogP contribution in [0.3, 0.4) is 0 Å². The lowest BCUT2D eigenvalue weighted by molar-refractivity contribution is -0.116. The summed E-state index contributed by atoms with van der Waals surface area (Å²) in [6.07, 6.45) is 3.07. The molecular weight excluding hydrogens is 272 g/mol. The molecule has 1 aromatic heterocycles. The molecule has 0 bridgehead atoms. The van der Waals surface area contributed by atoms with E-state index in [0.29, 0.717) is 18.2 Å². The van der Waals surface area contributed by atoms with Crippen molar-refractivity contribution in [2.45, 2.75) is 26.7 Å². The van der Waals surface area contributed by atoms with Gasteiger partial charge >= 0.3 is 0 Å². The number of carbonyl (C=O) groups is 1. The van der Waals surface area contributed by atoms with Crippen molar-refractivity contribution in [2.75, 3.05) is 11.9 Å². The molecular formula is C15H18N2O2S. The summed E-state index contributed by atoms with van der Waals surface area (Å²) >= 11 is 1.47. The van der Waals surface area contributed by atoms with Crippen LogP contribution < -0.4 is 10.1 Å². The van der Waals surface area contributed by atoms with E-state index in [1.165, 1.54) is 16.9 Å². The number of rotatable bonds is 6. The van der Waals surface area contributed by atoms with Crippen LogP contribution >= 0.6 is 11.3 Å². The molecule has 5 heteroatoms. The van der Waals surface area contributed by atoms with Crippen LogP contribution in [0.2, 0.25) is 0 Å². The van der Waals surface area contributed by atoms with E-state index in [1.54, 1.807) is 6.20 Å². The first-order chi connectivity index (χ1) is 9.67. The maximum atomic E-state index is 11.7. The third kappa shape index (κ3) is 4.35. The van der Waals surface area contributed by atoms with E-state index < -0.39 is 0 Å². The molecule has 0 saturated carbocycles. The van der Waals surface area contributed by atoms with Gasteiger partial charge in [0.1, 0.15) is 5.75 Å². The summed E-state index contributed by atoms with van der Waals surface area (Å²) in [4.78, 5) is 16.9. The topological polar surface area (TPSA) is 51.2 Å². The Morgan fingerprint density at radius 1 is 1.35 bits per heavy atom. The van der Waals surface area contributed by atoms with Crippen molar-refractivity contribution in [3.8, 4) is 5.75 Å². The minimum absolute atomic E-state index is 0.0791. The fourth-order valence-electron chi connectivity index (χ4n) is 1.68. The molecule has 4 nitrogen and oxygen atoms in total. The highest BCUT2D eigenvalue weighted by atomic mass is 32.1. The first-order valence-corrected chi connectivity index (χ1v) is 7.43. The van der Waals surface area contributed by atoms with Crippen LogP contribution in [0, 0.1) is 6.92 Å². The lowest BCUT2D eigenvalue weighted by atomic mass is 10.2. The van der Waals surface area contributed by atoms with Crippen molar-refractivity contribution >= 4 is 22.4 Å². The van der Waals surface area contributed by atoms with Gasteiger partial charge in [-0.3, -0.25) is 4.79 Å². The summed E-state index contributed by atoms with van der Waals surface area (Å²) in [5.41, 5.74) is 1.27. The van der Waals surface area contributed by atoms with Gasteiger partial charge < -0.3 is 10.1 Å². The average molecular weight is 290 g/mol. The van der Waals surface area contributed by atoms with Crippen molar-refractivity contribution in [1.82, 2.24) is 4.98 Å². The molecule has 0 unspecified atom stereocenters. The molecule has 0 atom stereocenters. The van der Waals surface area contributed by atoms with Gasteiger partial charge in [0, 0.05) is 11.1 Å². The summed E-state index contributed by atoms with van der Waals surface area (Å²) < 4.78 is 5.54. The van der Waals surface area contributed by atoms with E-state index in [4.69, 9.17) is 4.74 Å². The van der Waals surface area contributed by atoms with Crippen LogP contribution in [0.15, 0.2) is 30.5 Å². The third-order valence-electron chi connectivity index (χ3n) is 2.80. The molecule has 0 aliphatic rings. The van der Waals surface area contributed by atoms with E-state index in [-0.39, 0.29) is 5.91 Å². The molecule has 0 spiro atoms. The van der Waals surface area contributed by atoms with Gasteiger partial charge in [-0.25, -0.2) is 4.98 Å². The molecule has 20 heavy (non-hydrogen) atoms. The Balaban J connectivity index is 1.73. The van der Waals surface area contributed by atoms with Crippen LogP contribution in [0.1, 0.15) is 23.8 Å². The van der Waals surface area contributed by atoms with Crippen molar-refractivity contribution < 1.29 is 9.53 Å². The van der Waals surface area contributed by atoms with Crippen LogP contribution in [0.25, 0.3) is 0 Å². The molecule has 0 fully saturated rings. The Morgan fingerprint density at radius 3 is 2.70 bits per heavy atom. The number of aromatic nitrogens is 1. The number of thiazole rings is 1. The van der Waals surface area contributed by atoms with Gasteiger partial charge in [-0.1, -0.05) is 19.1 Å². The number of hydrogen-bond acceptors (Lipinski definition) is 4. The highest BCUT2D eigenvalue weighted by Crippen LogP contribution is 2.17. The monoisotopic (exact) mass is 290 g/mol. The SMILES string of the molecule is CCc1ccc(OCCC(=O)Nc2ncc(C)s2)cc1. The molecule has 2 aromatic rings. The Morgan fingerprint density at radius 2 is 2.10 bits per heavy atom. The maximum Gasteiger partial charge on any atom is 0.229 e. The molecule has 0 aliphatic carbocycles. The fourth-order valence-corrected chi connectivity index (χ4v) is 2.36. The van der Waals surface area contributed by atoms with E-state index in [0.717, 1.165) is 17.0 Å². The zero-order chi connectivity index (χ0) is 14.4. The number of aryl methyl sites for hydroxylation is 2. The number of carbonyl (C=O) groups excluding carboxylic acids is 1. The Bertz CT molecular complexity index is 564. The number of benzene rings is 1. The first kappa shape index (κ1) is 14.5. The standard InChI is InChI=1S/C15H18N2O2S/c1-3-12-4-6-13(7-5-12)19-9-8-14(18)17-15-16-10-11(2)20-15/h4-7,10H,3,8-9H2,1-2H3,(H,16,17,18). The molecule has 2 rings (SSSR count). The van der Waals surface area contributed by atoms with Gasteiger partial charge in [-0.2, -0.15) is 0 Å². The molecule has 1 aromatic carbocycles. The molecule has 0 saturated heterocycles. The molecule has 1 amide bonds. The smallest absolute Gasteiger partial charge is 0.229 e. The van der Waals surface area contributed by atoms with Crippen molar-refractivity contribution in [1.29, 1.82) is 0 Å². The summed E-state index contributed by atoms with van der Waals surface area (Å²) in [5.74, 6) is 0.713. The molecule has 1 heterocycles. The first-order valence-electron chi connectivity index (χ1n) is 6.61. The van der Waals surface area contributed by atoms with Gasteiger partial charge in [0.2, 0.25) is 5.91 Å². The number of nitrogens with zero attached hydrogens (tertiary/aromatic N) is 1. The van der Waals surface area contributed by atoms with E-state index in [2.05, 4.69) is 17.2 Å². The van der Waals surface area contributed by atoms with Crippen molar-refractivity contribution in [2.24, 2.45) is 0 Å². The second-order valence-electron chi connectivity index (χ2n) is 4.42. The summed E-state index contributed by atoms with van der Waals surface area (Å²) in [5, 5.41) is 3.39. The van der Waals surface area contributed by atoms with Gasteiger partial charge in [0.15, 0.2) is 5.13 Å². The summed E-state index contributed by atoms with van der Waals surface area (Å²) in [6.45, 7) is 4.43. The minimum Gasteiger partial charge on any atom is -0.493 e. The highest BCUT2D eigenvalue weighted by molar-refractivity contribution is 7.15. The molecule has 0 radical (unpaired) electrons. The molecule has 106 valence electrons. The zero-order valence-corrected chi connectivity index (χ0v) is 12.5. The Hall–Kier alpha value is -1.88. The zero-order valence-electron chi connectivity index (χ0n) is 11.7.